The van der Waals surface area contributed by atoms with Crippen LogP contribution in [0.15, 0.2) is 255 Å². The molecular weight excluding hydrogens is 869 g/mol. The van der Waals surface area contributed by atoms with Crippen molar-refractivity contribution in [3.05, 3.63) is 255 Å². The number of benzene rings is 10. The highest BCUT2D eigenvalue weighted by Gasteiger charge is 2.42. The molecule has 10 aromatic carbocycles. The lowest BCUT2D eigenvalue weighted by Gasteiger charge is -2.35. The first kappa shape index (κ1) is 39.9. The van der Waals surface area contributed by atoms with Gasteiger partial charge in [0.1, 0.15) is 0 Å². The molecule has 0 atom stereocenters. The van der Waals surface area contributed by atoms with Crippen LogP contribution in [0.3, 0.4) is 0 Å². The third-order valence-corrected chi connectivity index (χ3v) is 19.1. The summed E-state index contributed by atoms with van der Waals surface area (Å²) in [6.07, 6.45) is 0. The van der Waals surface area contributed by atoms with Crippen LogP contribution in [-0.4, -0.2) is 36.7 Å². The van der Waals surface area contributed by atoms with Crippen molar-refractivity contribution in [3.8, 4) is 29.0 Å². The smallest absolute Gasteiger partial charge is 0.240 e. The average Bonchev–Trinajstić information content (AvgIpc) is 4.08. The van der Waals surface area contributed by atoms with Gasteiger partial charge in [-0.15, -0.1) is 0 Å². The summed E-state index contributed by atoms with van der Waals surface area (Å²) in [5.74, 6) is 1.65. The molecule has 4 heterocycles. The molecule has 0 aliphatic carbocycles. The van der Waals surface area contributed by atoms with E-state index >= 15 is 0 Å². The molecule has 4 aromatic heterocycles. The molecule has 0 unspecified atom stereocenters. The van der Waals surface area contributed by atoms with Crippen LogP contribution in [0.25, 0.3) is 94.4 Å². The van der Waals surface area contributed by atoms with Crippen LogP contribution in [0.4, 0.5) is 0 Å². The summed E-state index contributed by atoms with van der Waals surface area (Å²) in [5, 5.41) is 12.1. The Balaban J connectivity index is 1.14. The number of aromatic nitrogens is 6. The Labute approximate surface area is 404 Å². The van der Waals surface area contributed by atoms with Gasteiger partial charge in [0.25, 0.3) is 0 Å². The summed E-state index contributed by atoms with van der Waals surface area (Å²) in [4.78, 5) is 16.8. The molecule has 7 heteroatoms. The minimum atomic E-state index is -3.01. The maximum absolute atomic E-state index is 5.64. The number of para-hydroxylation sites is 6. The highest BCUT2D eigenvalue weighted by Crippen LogP contribution is 2.38. The molecule has 0 saturated carbocycles. The molecule has 328 valence electrons. The van der Waals surface area contributed by atoms with E-state index in [1.807, 2.05) is 0 Å². The van der Waals surface area contributed by atoms with Crippen molar-refractivity contribution in [1.29, 1.82) is 0 Å². The summed E-state index contributed by atoms with van der Waals surface area (Å²) in [5.41, 5.74) is 8.18. The van der Waals surface area contributed by atoms with Crippen LogP contribution in [0.2, 0.25) is 0 Å². The van der Waals surface area contributed by atoms with Gasteiger partial charge in [-0.25, -0.2) is 0 Å². The quantitative estimate of drug-likeness (QED) is 0.113. The lowest BCUT2D eigenvalue weighted by Crippen LogP contribution is -2.74. The van der Waals surface area contributed by atoms with Gasteiger partial charge in [-0.2, -0.15) is 15.0 Å². The van der Waals surface area contributed by atoms with Gasteiger partial charge in [0, 0.05) is 37.9 Å². The molecule has 0 saturated heterocycles. The van der Waals surface area contributed by atoms with E-state index in [2.05, 4.69) is 268 Å². The third kappa shape index (κ3) is 5.95. The van der Waals surface area contributed by atoms with Crippen molar-refractivity contribution in [2.24, 2.45) is 0 Å². The molecule has 0 fully saturated rings. The highest BCUT2D eigenvalue weighted by atomic mass is 28.3. The SMILES string of the molecule is c1ccc([Si](c2ccccc2)(c2ccccc2)c2ccc(-c3nc(-n4c5ccccc5c5ccccc54)nc(-n4c5ccccc5c5ccccc54)n3)c(-n3c4ccccc4c4ccccc43)c2)cc1. The minimum absolute atomic E-state index is 0.540. The molecule has 0 bridgehead atoms. The maximum Gasteiger partial charge on any atom is 0.240 e. The first-order chi connectivity index (χ1) is 34.8. The van der Waals surface area contributed by atoms with Crippen molar-refractivity contribution in [2.75, 3.05) is 0 Å². The second-order valence-corrected chi connectivity index (χ2v) is 21.8. The number of hydrogen-bond donors (Lipinski definition) is 0. The zero-order chi connectivity index (χ0) is 46.2. The van der Waals surface area contributed by atoms with E-state index in [4.69, 9.17) is 15.0 Å². The topological polar surface area (TPSA) is 53.5 Å². The maximum atomic E-state index is 5.64. The number of rotatable bonds is 8. The van der Waals surface area contributed by atoms with Crippen LogP contribution >= 0.6 is 0 Å². The van der Waals surface area contributed by atoms with E-state index in [0.29, 0.717) is 17.7 Å². The van der Waals surface area contributed by atoms with E-state index in [1.54, 1.807) is 0 Å². The Morgan fingerprint density at radius 2 is 0.557 bits per heavy atom. The average molecular weight is 911 g/mol. The Hall–Kier alpha value is -9.17. The van der Waals surface area contributed by atoms with Gasteiger partial charge in [0.2, 0.25) is 11.9 Å². The molecular formula is C63H42N6Si. The third-order valence-electron chi connectivity index (χ3n) is 14.3. The van der Waals surface area contributed by atoms with Crippen LogP contribution in [0.5, 0.6) is 0 Å². The number of nitrogens with zero attached hydrogens (tertiary/aromatic N) is 6. The highest BCUT2D eigenvalue weighted by molar-refractivity contribution is 7.19. The summed E-state index contributed by atoms with van der Waals surface area (Å²) in [7, 11) is -3.01. The molecule has 14 rings (SSSR count). The van der Waals surface area contributed by atoms with Gasteiger partial charge in [0.15, 0.2) is 13.9 Å². The molecule has 14 aromatic rings. The number of fused-ring (bicyclic) bond motifs is 9. The molecule has 0 aliphatic heterocycles. The summed E-state index contributed by atoms with van der Waals surface area (Å²) in [6.45, 7) is 0. The minimum Gasteiger partial charge on any atom is -0.309 e. The Morgan fingerprint density at radius 3 is 0.900 bits per heavy atom. The molecule has 0 aliphatic rings. The van der Waals surface area contributed by atoms with Gasteiger partial charge < -0.3 is 4.57 Å². The fourth-order valence-electron chi connectivity index (χ4n) is 11.3. The van der Waals surface area contributed by atoms with Crippen LogP contribution in [-0.2, 0) is 0 Å². The van der Waals surface area contributed by atoms with E-state index in [-0.39, 0.29) is 0 Å². The number of hydrogen-bond acceptors (Lipinski definition) is 3. The van der Waals surface area contributed by atoms with Crippen molar-refractivity contribution in [3.63, 3.8) is 0 Å². The molecule has 70 heavy (non-hydrogen) atoms. The fourth-order valence-corrected chi connectivity index (χ4v) is 16.1. The van der Waals surface area contributed by atoms with E-state index in [9.17, 15) is 0 Å². The lowest BCUT2D eigenvalue weighted by atomic mass is 10.1. The van der Waals surface area contributed by atoms with Gasteiger partial charge >= 0.3 is 0 Å². The van der Waals surface area contributed by atoms with E-state index in [1.165, 1.54) is 31.5 Å². The largest absolute Gasteiger partial charge is 0.309 e. The van der Waals surface area contributed by atoms with Crippen molar-refractivity contribution in [1.82, 2.24) is 28.7 Å². The van der Waals surface area contributed by atoms with Crippen molar-refractivity contribution < 1.29 is 0 Å². The lowest BCUT2D eigenvalue weighted by molar-refractivity contribution is 0.892. The molecule has 0 amide bonds. The normalized spacial score (nSPS) is 12.0. The van der Waals surface area contributed by atoms with Crippen molar-refractivity contribution in [2.45, 2.75) is 0 Å². The Kier molecular flexibility index (Phi) is 9.12. The molecule has 0 N–H and O–H groups in total. The van der Waals surface area contributed by atoms with Gasteiger partial charge in [-0.3, -0.25) is 9.13 Å². The molecule has 6 nitrogen and oxygen atoms in total. The van der Waals surface area contributed by atoms with Gasteiger partial charge in [0.05, 0.1) is 38.8 Å². The second-order valence-electron chi connectivity index (χ2n) is 17.9. The fraction of sp³-hybridized carbons (Fsp3) is 0. The van der Waals surface area contributed by atoms with Crippen LogP contribution in [0, 0.1) is 0 Å². The summed E-state index contributed by atoms with van der Waals surface area (Å²) >= 11 is 0. The zero-order valence-electron chi connectivity index (χ0n) is 37.9. The predicted octanol–water partition coefficient (Wildman–Crippen LogP) is 12.2. The molecule has 0 radical (unpaired) electrons. The van der Waals surface area contributed by atoms with Crippen LogP contribution in [0.1, 0.15) is 0 Å². The van der Waals surface area contributed by atoms with E-state index < -0.39 is 8.07 Å². The summed E-state index contributed by atoms with van der Waals surface area (Å²) < 4.78 is 6.85. The zero-order valence-corrected chi connectivity index (χ0v) is 38.9. The Morgan fingerprint density at radius 1 is 0.257 bits per heavy atom. The monoisotopic (exact) mass is 910 g/mol. The van der Waals surface area contributed by atoms with Crippen molar-refractivity contribution >= 4 is 94.2 Å². The second kappa shape index (κ2) is 16.0. The van der Waals surface area contributed by atoms with Gasteiger partial charge in [-0.1, -0.05) is 206 Å². The first-order valence-corrected chi connectivity index (χ1v) is 25.8. The summed E-state index contributed by atoms with van der Waals surface area (Å²) in [6, 6.07) is 92.2. The van der Waals surface area contributed by atoms with Gasteiger partial charge in [-0.05, 0) is 69.3 Å². The van der Waals surface area contributed by atoms with Crippen LogP contribution < -0.4 is 20.7 Å². The predicted molar refractivity (Wildman–Crippen MR) is 292 cm³/mol. The standard InChI is InChI=1S/C63H42N6Si/c1-4-22-43(23-5-1)70(44-24-6-2-7-25-44,45-26-8-3-9-27-45)46-40-41-53(60(42-46)67-54-34-16-10-28-47(54)48-29-11-17-35-55(48)67)61-64-62(68-56-36-18-12-30-49(56)50-31-13-19-37-57(50)68)66-63(65-61)69-58-38-20-14-32-51(58)52-33-15-21-39-59(52)69/h1-42H. The molecule has 0 spiro atoms. The first-order valence-electron chi connectivity index (χ1n) is 23.8. The van der Waals surface area contributed by atoms with E-state index in [0.717, 1.165) is 65.9 Å². The Bertz CT molecular complexity index is 3920.